The van der Waals surface area contributed by atoms with Gasteiger partial charge in [-0.1, -0.05) is 24.9 Å². The smallest absolute Gasteiger partial charge is 0.280 e. The van der Waals surface area contributed by atoms with Gasteiger partial charge in [0.05, 0.1) is 11.2 Å². The van der Waals surface area contributed by atoms with E-state index in [4.69, 9.17) is 11.6 Å². The monoisotopic (exact) mass is 349 g/mol. The average Bonchev–Trinajstić information content (AvgIpc) is 3.08. The third kappa shape index (κ3) is 3.19. The molecule has 2 aromatic rings. The average molecular weight is 350 g/mol. The van der Waals surface area contributed by atoms with Gasteiger partial charge in [-0.15, -0.1) is 0 Å². The molecular formula is C15H20ClN7O. The van der Waals surface area contributed by atoms with Gasteiger partial charge in [0.2, 0.25) is 11.9 Å². The quantitative estimate of drug-likeness (QED) is 0.821. The summed E-state index contributed by atoms with van der Waals surface area (Å²) in [4.78, 5) is 29.2. The van der Waals surface area contributed by atoms with E-state index in [1.807, 2.05) is 11.9 Å². The first-order chi connectivity index (χ1) is 11.6. The Morgan fingerprint density at radius 1 is 1.38 bits per heavy atom. The van der Waals surface area contributed by atoms with Crippen LogP contribution in [0, 0.1) is 0 Å². The topological polar surface area (TPSA) is 80.0 Å². The standard InChI is InChI=1S/C15H20ClN7O/c1-3-4-6-21(2)14-17-9-11(16)12(20-14)13(24)22-7-5-8-23-15(22)18-10-19-23/h9-10H,3-8H2,1-2H3. The van der Waals surface area contributed by atoms with Crippen LogP contribution in [0.15, 0.2) is 12.5 Å². The normalized spacial score (nSPS) is 13.7. The van der Waals surface area contributed by atoms with Gasteiger partial charge < -0.3 is 4.90 Å². The number of carbonyl (C=O) groups excluding carboxylic acids is 1. The molecule has 3 heterocycles. The van der Waals surface area contributed by atoms with Crippen LogP contribution in [0.4, 0.5) is 11.9 Å². The molecule has 0 bridgehead atoms. The van der Waals surface area contributed by atoms with Gasteiger partial charge in [0, 0.05) is 26.7 Å². The summed E-state index contributed by atoms with van der Waals surface area (Å²) in [5, 5.41) is 4.36. The Balaban J connectivity index is 1.88. The molecule has 0 aliphatic carbocycles. The first kappa shape index (κ1) is 16.6. The molecule has 0 N–H and O–H groups in total. The van der Waals surface area contributed by atoms with E-state index in [0.717, 1.165) is 32.4 Å². The summed E-state index contributed by atoms with van der Waals surface area (Å²) in [6.45, 7) is 4.27. The fraction of sp³-hybridized carbons (Fsp3) is 0.533. The molecule has 1 amide bonds. The molecule has 128 valence electrons. The van der Waals surface area contributed by atoms with Gasteiger partial charge in [0.15, 0.2) is 5.69 Å². The predicted molar refractivity (Wildman–Crippen MR) is 91.5 cm³/mol. The van der Waals surface area contributed by atoms with Crippen LogP contribution in [0.2, 0.25) is 5.02 Å². The number of aryl methyl sites for hydroxylation is 1. The SMILES string of the molecule is CCCCN(C)c1ncc(Cl)c(C(=O)N2CCCn3ncnc32)n1. The molecule has 0 fully saturated rings. The van der Waals surface area contributed by atoms with Crippen molar-refractivity contribution in [2.24, 2.45) is 0 Å². The molecule has 8 nitrogen and oxygen atoms in total. The molecule has 24 heavy (non-hydrogen) atoms. The number of hydrogen-bond donors (Lipinski definition) is 0. The van der Waals surface area contributed by atoms with E-state index >= 15 is 0 Å². The van der Waals surface area contributed by atoms with Crippen LogP contribution in [0.3, 0.4) is 0 Å². The third-order valence-corrected chi connectivity index (χ3v) is 4.23. The summed E-state index contributed by atoms with van der Waals surface area (Å²) in [5.41, 5.74) is 0.196. The Morgan fingerprint density at radius 3 is 3.00 bits per heavy atom. The minimum atomic E-state index is -0.276. The molecule has 0 saturated heterocycles. The van der Waals surface area contributed by atoms with Crippen LogP contribution < -0.4 is 9.80 Å². The van der Waals surface area contributed by atoms with Crippen LogP contribution in [-0.4, -0.2) is 50.8 Å². The Morgan fingerprint density at radius 2 is 2.21 bits per heavy atom. The minimum Gasteiger partial charge on any atom is -0.344 e. The highest BCUT2D eigenvalue weighted by Crippen LogP contribution is 2.23. The van der Waals surface area contributed by atoms with Crippen LogP contribution >= 0.6 is 11.6 Å². The molecule has 0 radical (unpaired) electrons. The number of carbonyl (C=O) groups is 1. The third-order valence-electron chi connectivity index (χ3n) is 3.96. The number of amides is 1. The summed E-state index contributed by atoms with van der Waals surface area (Å²) in [7, 11) is 1.91. The predicted octanol–water partition coefficient (Wildman–Crippen LogP) is 2.01. The second-order valence-corrected chi connectivity index (χ2v) is 6.14. The second kappa shape index (κ2) is 7.12. The fourth-order valence-electron chi connectivity index (χ4n) is 2.61. The van der Waals surface area contributed by atoms with E-state index in [9.17, 15) is 4.79 Å². The molecular weight excluding hydrogens is 330 g/mol. The van der Waals surface area contributed by atoms with Crippen LogP contribution in [0.1, 0.15) is 36.7 Å². The Labute approximate surface area is 145 Å². The summed E-state index contributed by atoms with van der Waals surface area (Å²) in [6, 6.07) is 0. The van der Waals surface area contributed by atoms with E-state index in [1.54, 1.807) is 9.58 Å². The molecule has 1 aliphatic heterocycles. The van der Waals surface area contributed by atoms with Crippen molar-refractivity contribution in [3.63, 3.8) is 0 Å². The molecule has 0 atom stereocenters. The summed E-state index contributed by atoms with van der Waals surface area (Å²) >= 11 is 6.19. The van der Waals surface area contributed by atoms with Crippen molar-refractivity contribution >= 4 is 29.4 Å². The number of anilines is 2. The van der Waals surface area contributed by atoms with E-state index in [2.05, 4.69) is 27.0 Å². The zero-order chi connectivity index (χ0) is 17.1. The van der Waals surface area contributed by atoms with E-state index < -0.39 is 0 Å². The number of unbranched alkanes of at least 4 members (excludes halogenated alkanes) is 1. The summed E-state index contributed by atoms with van der Waals surface area (Å²) in [6.07, 6.45) is 5.85. The molecule has 9 heteroatoms. The maximum atomic E-state index is 12.9. The molecule has 0 aromatic carbocycles. The number of aromatic nitrogens is 5. The molecule has 0 saturated carbocycles. The molecule has 3 rings (SSSR count). The molecule has 1 aliphatic rings. The Hall–Kier alpha value is -2.22. The van der Waals surface area contributed by atoms with Crippen molar-refractivity contribution in [3.05, 3.63) is 23.2 Å². The lowest BCUT2D eigenvalue weighted by atomic mass is 10.3. The lowest BCUT2D eigenvalue weighted by Gasteiger charge is -2.26. The van der Waals surface area contributed by atoms with Crippen LogP contribution in [-0.2, 0) is 6.54 Å². The van der Waals surface area contributed by atoms with Gasteiger partial charge in [-0.25, -0.2) is 14.6 Å². The van der Waals surface area contributed by atoms with Gasteiger partial charge in [-0.05, 0) is 12.8 Å². The van der Waals surface area contributed by atoms with Crippen molar-refractivity contribution in [1.82, 2.24) is 24.7 Å². The van der Waals surface area contributed by atoms with Crippen LogP contribution in [0.25, 0.3) is 0 Å². The van der Waals surface area contributed by atoms with E-state index in [-0.39, 0.29) is 16.6 Å². The fourth-order valence-corrected chi connectivity index (χ4v) is 2.78. The molecule has 2 aromatic heterocycles. The maximum Gasteiger partial charge on any atom is 0.280 e. The van der Waals surface area contributed by atoms with Crippen molar-refractivity contribution in [2.45, 2.75) is 32.7 Å². The summed E-state index contributed by atoms with van der Waals surface area (Å²) in [5.74, 6) is 0.748. The van der Waals surface area contributed by atoms with E-state index in [0.29, 0.717) is 18.4 Å². The van der Waals surface area contributed by atoms with Gasteiger partial charge in [-0.3, -0.25) is 9.69 Å². The number of fused-ring (bicyclic) bond motifs is 1. The number of halogens is 1. The maximum absolute atomic E-state index is 12.9. The molecule has 0 unspecified atom stereocenters. The summed E-state index contributed by atoms with van der Waals surface area (Å²) < 4.78 is 1.71. The number of hydrogen-bond acceptors (Lipinski definition) is 6. The number of nitrogens with zero attached hydrogens (tertiary/aromatic N) is 7. The highest BCUT2D eigenvalue weighted by Gasteiger charge is 2.28. The zero-order valence-electron chi connectivity index (χ0n) is 13.8. The highest BCUT2D eigenvalue weighted by molar-refractivity contribution is 6.34. The Bertz CT molecular complexity index is 732. The van der Waals surface area contributed by atoms with Crippen molar-refractivity contribution < 1.29 is 4.79 Å². The van der Waals surface area contributed by atoms with E-state index in [1.165, 1.54) is 12.5 Å². The zero-order valence-corrected chi connectivity index (χ0v) is 14.6. The molecule has 0 spiro atoms. The second-order valence-electron chi connectivity index (χ2n) is 5.74. The van der Waals surface area contributed by atoms with Crippen molar-refractivity contribution in [2.75, 3.05) is 29.9 Å². The Kier molecular flexibility index (Phi) is 4.94. The lowest BCUT2D eigenvalue weighted by Crippen LogP contribution is -2.39. The van der Waals surface area contributed by atoms with Crippen molar-refractivity contribution in [3.8, 4) is 0 Å². The highest BCUT2D eigenvalue weighted by atomic mass is 35.5. The first-order valence-electron chi connectivity index (χ1n) is 8.05. The van der Waals surface area contributed by atoms with Crippen LogP contribution in [0.5, 0.6) is 0 Å². The van der Waals surface area contributed by atoms with Gasteiger partial charge in [0.1, 0.15) is 6.33 Å². The van der Waals surface area contributed by atoms with Gasteiger partial charge in [0.25, 0.3) is 5.91 Å². The van der Waals surface area contributed by atoms with Gasteiger partial charge >= 0.3 is 0 Å². The van der Waals surface area contributed by atoms with Crippen molar-refractivity contribution in [1.29, 1.82) is 0 Å². The van der Waals surface area contributed by atoms with Gasteiger partial charge in [-0.2, -0.15) is 10.1 Å². The minimum absolute atomic E-state index is 0.196. The lowest BCUT2D eigenvalue weighted by molar-refractivity contribution is 0.0975. The largest absolute Gasteiger partial charge is 0.344 e. The first-order valence-corrected chi connectivity index (χ1v) is 8.43. The number of rotatable bonds is 5.